The van der Waals surface area contributed by atoms with Gasteiger partial charge in [0.15, 0.2) is 0 Å². The number of nitrogens with two attached hydrogens (primary N) is 1. The average molecular weight is 260 g/mol. The van der Waals surface area contributed by atoms with Crippen LogP contribution in [0.4, 0.5) is 10.1 Å². The van der Waals surface area contributed by atoms with Crippen molar-refractivity contribution in [3.8, 4) is 0 Å². The SMILES string of the molecule is CCNC(Cc1cnccc1N)c1ncccc1F. The quantitative estimate of drug-likeness (QED) is 0.864. The summed E-state index contributed by atoms with van der Waals surface area (Å²) in [6, 6.07) is 4.53. The van der Waals surface area contributed by atoms with Crippen molar-refractivity contribution in [3.63, 3.8) is 0 Å². The summed E-state index contributed by atoms with van der Waals surface area (Å²) >= 11 is 0. The van der Waals surface area contributed by atoms with E-state index in [1.54, 1.807) is 30.7 Å². The second-order valence-corrected chi connectivity index (χ2v) is 4.26. The summed E-state index contributed by atoms with van der Waals surface area (Å²) in [5.74, 6) is -0.309. The summed E-state index contributed by atoms with van der Waals surface area (Å²) in [7, 11) is 0. The third-order valence-corrected chi connectivity index (χ3v) is 2.93. The van der Waals surface area contributed by atoms with Crippen LogP contribution in [0.5, 0.6) is 0 Å². The molecule has 0 saturated heterocycles. The molecule has 0 aliphatic rings. The monoisotopic (exact) mass is 260 g/mol. The van der Waals surface area contributed by atoms with E-state index in [0.29, 0.717) is 17.8 Å². The number of hydrogen-bond acceptors (Lipinski definition) is 4. The maximum Gasteiger partial charge on any atom is 0.146 e. The minimum absolute atomic E-state index is 0.210. The molecule has 4 nitrogen and oxygen atoms in total. The Kier molecular flexibility index (Phi) is 4.41. The van der Waals surface area contributed by atoms with Crippen molar-refractivity contribution in [2.24, 2.45) is 0 Å². The minimum atomic E-state index is -0.309. The predicted molar refractivity (Wildman–Crippen MR) is 73.0 cm³/mol. The van der Waals surface area contributed by atoms with Gasteiger partial charge in [-0.1, -0.05) is 6.92 Å². The number of hydrogen-bond donors (Lipinski definition) is 2. The number of aromatic nitrogens is 2. The highest BCUT2D eigenvalue weighted by Crippen LogP contribution is 2.21. The van der Waals surface area contributed by atoms with Crippen molar-refractivity contribution in [2.45, 2.75) is 19.4 Å². The first-order chi connectivity index (χ1) is 9.22. The van der Waals surface area contributed by atoms with Crippen molar-refractivity contribution in [1.82, 2.24) is 15.3 Å². The fraction of sp³-hybridized carbons (Fsp3) is 0.286. The zero-order valence-corrected chi connectivity index (χ0v) is 10.8. The standard InChI is InChI=1S/C14H17FN4/c1-2-18-13(14-11(15)4-3-6-19-14)8-10-9-17-7-5-12(10)16/h3-7,9,13,18H,2,8H2,1H3,(H2,16,17). The van der Waals surface area contributed by atoms with Gasteiger partial charge >= 0.3 is 0 Å². The largest absolute Gasteiger partial charge is 0.398 e. The van der Waals surface area contributed by atoms with Gasteiger partial charge in [0.25, 0.3) is 0 Å². The number of rotatable bonds is 5. The maximum atomic E-state index is 13.8. The molecule has 0 fully saturated rings. The van der Waals surface area contributed by atoms with E-state index >= 15 is 0 Å². The summed E-state index contributed by atoms with van der Waals surface area (Å²) in [5.41, 5.74) is 7.86. The predicted octanol–water partition coefficient (Wildman–Crippen LogP) is 2.09. The van der Waals surface area contributed by atoms with Crippen LogP contribution in [0.25, 0.3) is 0 Å². The van der Waals surface area contributed by atoms with Crippen molar-refractivity contribution in [2.75, 3.05) is 12.3 Å². The van der Waals surface area contributed by atoms with Crippen LogP contribution in [0.3, 0.4) is 0 Å². The second-order valence-electron chi connectivity index (χ2n) is 4.26. The van der Waals surface area contributed by atoms with Gasteiger partial charge in [0.05, 0.1) is 11.7 Å². The van der Waals surface area contributed by atoms with Crippen LogP contribution in [0.15, 0.2) is 36.8 Å². The van der Waals surface area contributed by atoms with Crippen molar-refractivity contribution in [3.05, 3.63) is 53.9 Å². The lowest BCUT2D eigenvalue weighted by atomic mass is 10.0. The Morgan fingerprint density at radius 2 is 2.21 bits per heavy atom. The normalized spacial score (nSPS) is 12.3. The molecule has 0 spiro atoms. The summed E-state index contributed by atoms with van der Waals surface area (Å²) in [6.07, 6.45) is 5.50. The molecule has 2 aromatic heterocycles. The smallest absolute Gasteiger partial charge is 0.146 e. The summed E-state index contributed by atoms with van der Waals surface area (Å²) in [5, 5.41) is 3.23. The highest BCUT2D eigenvalue weighted by molar-refractivity contribution is 5.45. The van der Waals surface area contributed by atoms with E-state index in [0.717, 1.165) is 12.1 Å². The molecule has 5 heteroatoms. The molecule has 0 aliphatic carbocycles. The topological polar surface area (TPSA) is 63.8 Å². The average Bonchev–Trinajstić information content (AvgIpc) is 2.41. The van der Waals surface area contributed by atoms with E-state index in [1.165, 1.54) is 6.07 Å². The third-order valence-electron chi connectivity index (χ3n) is 2.93. The Morgan fingerprint density at radius 1 is 1.37 bits per heavy atom. The first-order valence-electron chi connectivity index (χ1n) is 6.24. The van der Waals surface area contributed by atoms with Gasteiger partial charge in [-0.05, 0) is 36.7 Å². The minimum Gasteiger partial charge on any atom is -0.398 e. The molecular formula is C14H17FN4. The number of nitrogen functional groups attached to an aromatic ring is 1. The fourth-order valence-corrected chi connectivity index (χ4v) is 1.99. The van der Waals surface area contributed by atoms with Gasteiger partial charge in [-0.15, -0.1) is 0 Å². The first kappa shape index (κ1) is 13.4. The third kappa shape index (κ3) is 3.26. The number of anilines is 1. The van der Waals surface area contributed by atoms with Crippen LogP contribution in [0.2, 0.25) is 0 Å². The van der Waals surface area contributed by atoms with Gasteiger partial charge in [0, 0.05) is 24.3 Å². The first-order valence-corrected chi connectivity index (χ1v) is 6.24. The summed E-state index contributed by atoms with van der Waals surface area (Å²) in [6.45, 7) is 2.70. The number of nitrogens with zero attached hydrogens (tertiary/aromatic N) is 2. The van der Waals surface area contributed by atoms with Crippen molar-refractivity contribution < 1.29 is 4.39 Å². The van der Waals surface area contributed by atoms with Crippen LogP contribution in [-0.2, 0) is 6.42 Å². The number of halogens is 1. The maximum absolute atomic E-state index is 13.8. The number of likely N-dealkylation sites (N-methyl/N-ethyl adjacent to an activating group) is 1. The lowest BCUT2D eigenvalue weighted by molar-refractivity contribution is 0.494. The highest BCUT2D eigenvalue weighted by Gasteiger charge is 2.17. The Bertz CT molecular complexity index is 544. The molecule has 0 radical (unpaired) electrons. The van der Waals surface area contributed by atoms with E-state index < -0.39 is 0 Å². The van der Waals surface area contributed by atoms with E-state index in [2.05, 4.69) is 15.3 Å². The summed E-state index contributed by atoms with van der Waals surface area (Å²) in [4.78, 5) is 8.18. The second kappa shape index (κ2) is 6.24. The van der Waals surface area contributed by atoms with Crippen molar-refractivity contribution >= 4 is 5.69 Å². The molecule has 0 aromatic carbocycles. The van der Waals surface area contributed by atoms with Gasteiger partial charge in [0.1, 0.15) is 5.82 Å². The van der Waals surface area contributed by atoms with Crippen LogP contribution < -0.4 is 11.1 Å². The molecule has 19 heavy (non-hydrogen) atoms. The van der Waals surface area contributed by atoms with Gasteiger partial charge in [-0.2, -0.15) is 0 Å². The van der Waals surface area contributed by atoms with Gasteiger partial charge < -0.3 is 11.1 Å². The number of nitrogens with one attached hydrogen (secondary N) is 1. The van der Waals surface area contributed by atoms with Crippen LogP contribution in [0.1, 0.15) is 24.2 Å². The van der Waals surface area contributed by atoms with Crippen LogP contribution >= 0.6 is 0 Å². The molecule has 2 aromatic rings. The van der Waals surface area contributed by atoms with E-state index in [1.807, 2.05) is 6.92 Å². The van der Waals surface area contributed by atoms with Crippen LogP contribution in [0, 0.1) is 5.82 Å². The molecule has 0 bridgehead atoms. The van der Waals surface area contributed by atoms with Gasteiger partial charge in [0.2, 0.25) is 0 Å². The summed E-state index contributed by atoms with van der Waals surface area (Å²) < 4.78 is 13.8. The highest BCUT2D eigenvalue weighted by atomic mass is 19.1. The molecule has 0 saturated carbocycles. The Balaban J connectivity index is 2.27. The Morgan fingerprint density at radius 3 is 2.89 bits per heavy atom. The molecule has 0 aliphatic heterocycles. The zero-order chi connectivity index (χ0) is 13.7. The van der Waals surface area contributed by atoms with Gasteiger partial charge in [-0.25, -0.2) is 4.39 Å². The zero-order valence-electron chi connectivity index (χ0n) is 10.8. The van der Waals surface area contributed by atoms with Gasteiger partial charge in [-0.3, -0.25) is 9.97 Å². The number of pyridine rings is 2. The molecule has 1 atom stereocenters. The lowest BCUT2D eigenvalue weighted by Gasteiger charge is -2.18. The molecule has 2 rings (SSSR count). The van der Waals surface area contributed by atoms with Crippen molar-refractivity contribution in [1.29, 1.82) is 0 Å². The van der Waals surface area contributed by atoms with E-state index in [9.17, 15) is 4.39 Å². The molecule has 2 heterocycles. The Labute approximate surface area is 111 Å². The van der Waals surface area contributed by atoms with Crippen LogP contribution in [-0.4, -0.2) is 16.5 Å². The molecule has 100 valence electrons. The molecule has 1 unspecified atom stereocenters. The molecule has 0 amide bonds. The molecular weight excluding hydrogens is 243 g/mol. The lowest BCUT2D eigenvalue weighted by Crippen LogP contribution is -2.25. The van der Waals surface area contributed by atoms with E-state index in [-0.39, 0.29) is 11.9 Å². The molecule has 3 N–H and O–H groups in total. The Hall–Kier alpha value is -2.01. The fourth-order valence-electron chi connectivity index (χ4n) is 1.99. The van der Waals surface area contributed by atoms with E-state index in [4.69, 9.17) is 5.73 Å².